The van der Waals surface area contributed by atoms with Crippen LogP contribution in [-0.4, -0.2) is 24.9 Å². The van der Waals surface area contributed by atoms with Gasteiger partial charge in [-0.15, -0.1) is 0 Å². The highest BCUT2D eigenvalue weighted by Crippen LogP contribution is 2.24. The molecule has 0 bridgehead atoms. The second-order valence-electron chi connectivity index (χ2n) is 5.48. The molecule has 16 heavy (non-hydrogen) atoms. The van der Waals surface area contributed by atoms with E-state index >= 15 is 0 Å². The minimum Gasteiger partial charge on any atom is -0.345 e. The molecule has 0 spiro atoms. The zero-order valence-corrected chi connectivity index (χ0v) is 11.1. The van der Waals surface area contributed by atoms with Gasteiger partial charge in [-0.1, -0.05) is 32.9 Å². The molecule has 2 heteroatoms. The lowest BCUT2D eigenvalue weighted by Crippen LogP contribution is -2.23. The van der Waals surface area contributed by atoms with E-state index in [4.69, 9.17) is 0 Å². The fraction of sp³-hybridized carbons (Fsp3) is 0.500. The molecule has 1 rings (SSSR count). The lowest BCUT2D eigenvalue weighted by molar-refractivity contribution is 0.0827. The van der Waals surface area contributed by atoms with Crippen LogP contribution in [0.3, 0.4) is 0 Å². The second kappa shape index (κ2) is 4.28. The Morgan fingerprint density at radius 3 is 2.12 bits per heavy atom. The molecule has 0 saturated heterocycles. The third kappa shape index (κ3) is 2.63. The largest absolute Gasteiger partial charge is 0.345 e. The summed E-state index contributed by atoms with van der Waals surface area (Å²) in [5.41, 5.74) is 3.23. The normalized spacial score (nSPS) is 11.4. The molecule has 1 aromatic carbocycles. The molecule has 88 valence electrons. The Kier molecular flexibility index (Phi) is 3.41. The Labute approximate surface area is 98.3 Å². The topological polar surface area (TPSA) is 20.3 Å². The Morgan fingerprint density at radius 1 is 1.19 bits per heavy atom. The van der Waals surface area contributed by atoms with Gasteiger partial charge >= 0.3 is 0 Å². The van der Waals surface area contributed by atoms with Crippen LogP contribution in [0.15, 0.2) is 18.2 Å². The van der Waals surface area contributed by atoms with Crippen LogP contribution < -0.4 is 0 Å². The molecule has 0 radical (unpaired) electrons. The van der Waals surface area contributed by atoms with Crippen molar-refractivity contribution in [3.05, 3.63) is 34.9 Å². The van der Waals surface area contributed by atoms with Crippen LogP contribution in [0.25, 0.3) is 0 Å². The SMILES string of the molecule is Cc1cc(C(C)(C)C)ccc1C(=O)N(C)C. The van der Waals surface area contributed by atoms with Gasteiger partial charge in [0.2, 0.25) is 0 Å². The lowest BCUT2D eigenvalue weighted by atomic mass is 9.85. The Balaban J connectivity index is 3.15. The van der Waals surface area contributed by atoms with Crippen LogP contribution in [0.5, 0.6) is 0 Å². The van der Waals surface area contributed by atoms with Crippen LogP contribution in [0, 0.1) is 6.92 Å². The maximum atomic E-state index is 11.9. The van der Waals surface area contributed by atoms with Crippen molar-refractivity contribution in [1.82, 2.24) is 4.90 Å². The van der Waals surface area contributed by atoms with Crippen molar-refractivity contribution >= 4 is 5.91 Å². The summed E-state index contributed by atoms with van der Waals surface area (Å²) in [5, 5.41) is 0. The predicted molar refractivity (Wildman–Crippen MR) is 67.9 cm³/mol. The first kappa shape index (κ1) is 12.8. The summed E-state index contributed by atoms with van der Waals surface area (Å²) in [4.78, 5) is 13.5. The quantitative estimate of drug-likeness (QED) is 0.711. The molecule has 0 N–H and O–H groups in total. The first-order valence-electron chi connectivity index (χ1n) is 5.56. The molecule has 0 heterocycles. The first-order chi connectivity index (χ1) is 7.23. The van der Waals surface area contributed by atoms with E-state index in [0.717, 1.165) is 11.1 Å². The molecule has 0 atom stereocenters. The van der Waals surface area contributed by atoms with Crippen molar-refractivity contribution in [3.63, 3.8) is 0 Å². The Hall–Kier alpha value is -1.31. The number of nitrogens with zero attached hydrogens (tertiary/aromatic N) is 1. The van der Waals surface area contributed by atoms with Crippen molar-refractivity contribution in [2.45, 2.75) is 33.1 Å². The number of hydrogen-bond acceptors (Lipinski definition) is 1. The van der Waals surface area contributed by atoms with Gasteiger partial charge in [0.1, 0.15) is 0 Å². The number of benzene rings is 1. The van der Waals surface area contributed by atoms with Gasteiger partial charge < -0.3 is 4.90 Å². The number of carbonyl (C=O) groups excluding carboxylic acids is 1. The maximum absolute atomic E-state index is 11.9. The number of carbonyl (C=O) groups is 1. The van der Waals surface area contributed by atoms with E-state index in [2.05, 4.69) is 26.8 Å². The summed E-state index contributed by atoms with van der Waals surface area (Å²) >= 11 is 0. The van der Waals surface area contributed by atoms with Crippen molar-refractivity contribution in [1.29, 1.82) is 0 Å². The van der Waals surface area contributed by atoms with Gasteiger partial charge in [0, 0.05) is 19.7 Å². The van der Waals surface area contributed by atoms with Gasteiger partial charge in [-0.2, -0.15) is 0 Å². The van der Waals surface area contributed by atoms with Gasteiger partial charge in [0.05, 0.1) is 0 Å². The van der Waals surface area contributed by atoms with Crippen LogP contribution in [0.4, 0.5) is 0 Å². The van der Waals surface area contributed by atoms with E-state index in [0.29, 0.717) is 0 Å². The molecule has 0 aromatic heterocycles. The van der Waals surface area contributed by atoms with Crippen molar-refractivity contribution in [3.8, 4) is 0 Å². The molecule has 0 fully saturated rings. The summed E-state index contributed by atoms with van der Waals surface area (Å²) in [6.07, 6.45) is 0. The number of amides is 1. The maximum Gasteiger partial charge on any atom is 0.253 e. The summed E-state index contributed by atoms with van der Waals surface area (Å²) in [5.74, 6) is 0.0676. The minimum absolute atomic E-state index is 0.0676. The molecular formula is C14H21NO. The summed E-state index contributed by atoms with van der Waals surface area (Å²) in [7, 11) is 3.55. The Bertz CT molecular complexity index is 400. The third-order valence-corrected chi connectivity index (χ3v) is 2.73. The van der Waals surface area contributed by atoms with Gasteiger partial charge in [-0.05, 0) is 29.5 Å². The fourth-order valence-electron chi connectivity index (χ4n) is 1.61. The smallest absolute Gasteiger partial charge is 0.253 e. The highest BCUT2D eigenvalue weighted by Gasteiger charge is 2.17. The molecule has 2 nitrogen and oxygen atoms in total. The average molecular weight is 219 g/mol. The number of aryl methyl sites for hydroxylation is 1. The van der Waals surface area contributed by atoms with Crippen molar-refractivity contribution < 1.29 is 4.79 Å². The standard InChI is InChI=1S/C14H21NO/c1-10-9-11(14(2,3)4)7-8-12(10)13(16)15(5)6/h7-9H,1-6H3. The highest BCUT2D eigenvalue weighted by atomic mass is 16.2. The molecule has 1 aromatic rings. The van der Waals surface area contributed by atoms with E-state index in [1.807, 2.05) is 19.1 Å². The summed E-state index contributed by atoms with van der Waals surface area (Å²) in [6.45, 7) is 8.52. The van der Waals surface area contributed by atoms with Crippen molar-refractivity contribution in [2.24, 2.45) is 0 Å². The lowest BCUT2D eigenvalue weighted by Gasteiger charge is -2.21. The molecule has 0 saturated carbocycles. The van der Waals surface area contributed by atoms with Crippen LogP contribution in [0.1, 0.15) is 42.3 Å². The van der Waals surface area contributed by atoms with E-state index in [1.165, 1.54) is 5.56 Å². The molecule has 0 unspecified atom stereocenters. The highest BCUT2D eigenvalue weighted by molar-refractivity contribution is 5.95. The third-order valence-electron chi connectivity index (χ3n) is 2.73. The number of hydrogen-bond donors (Lipinski definition) is 0. The van der Waals surface area contributed by atoms with Crippen LogP contribution >= 0.6 is 0 Å². The monoisotopic (exact) mass is 219 g/mol. The first-order valence-corrected chi connectivity index (χ1v) is 5.56. The Morgan fingerprint density at radius 2 is 1.75 bits per heavy atom. The van der Waals surface area contributed by atoms with E-state index in [1.54, 1.807) is 19.0 Å². The van der Waals surface area contributed by atoms with Crippen LogP contribution in [0.2, 0.25) is 0 Å². The van der Waals surface area contributed by atoms with Gasteiger partial charge in [-0.3, -0.25) is 4.79 Å². The average Bonchev–Trinajstić information content (AvgIpc) is 2.15. The van der Waals surface area contributed by atoms with E-state index < -0.39 is 0 Å². The van der Waals surface area contributed by atoms with Gasteiger partial charge in [-0.25, -0.2) is 0 Å². The zero-order valence-electron chi connectivity index (χ0n) is 11.1. The number of rotatable bonds is 1. The fourth-order valence-corrected chi connectivity index (χ4v) is 1.61. The summed E-state index contributed by atoms with van der Waals surface area (Å²) in [6, 6.07) is 6.08. The zero-order chi connectivity index (χ0) is 12.5. The van der Waals surface area contributed by atoms with E-state index in [9.17, 15) is 4.79 Å². The molecule has 0 aliphatic carbocycles. The van der Waals surface area contributed by atoms with Gasteiger partial charge in [0.25, 0.3) is 5.91 Å². The second-order valence-corrected chi connectivity index (χ2v) is 5.48. The van der Waals surface area contributed by atoms with Crippen molar-refractivity contribution in [2.75, 3.05) is 14.1 Å². The van der Waals surface area contributed by atoms with Crippen LogP contribution in [-0.2, 0) is 5.41 Å². The van der Waals surface area contributed by atoms with E-state index in [-0.39, 0.29) is 11.3 Å². The molecule has 0 aliphatic heterocycles. The minimum atomic E-state index is 0.0676. The summed E-state index contributed by atoms with van der Waals surface area (Å²) < 4.78 is 0. The molecule has 1 amide bonds. The molecular weight excluding hydrogens is 198 g/mol. The molecule has 0 aliphatic rings. The van der Waals surface area contributed by atoms with Gasteiger partial charge in [0.15, 0.2) is 0 Å². The predicted octanol–water partition coefficient (Wildman–Crippen LogP) is 2.99.